The summed E-state index contributed by atoms with van der Waals surface area (Å²) in [4.78, 5) is 0. The summed E-state index contributed by atoms with van der Waals surface area (Å²) >= 11 is 5.70. The highest BCUT2D eigenvalue weighted by molar-refractivity contribution is 6.30. The lowest BCUT2D eigenvalue weighted by Gasteiger charge is -2.45. The third-order valence-electron chi connectivity index (χ3n) is 4.62. The normalized spacial score (nSPS) is 28.1. The van der Waals surface area contributed by atoms with Crippen LogP contribution in [0.5, 0.6) is 0 Å². The van der Waals surface area contributed by atoms with E-state index in [-0.39, 0.29) is 16.4 Å². The molecule has 1 aliphatic rings. The highest BCUT2D eigenvalue weighted by atomic mass is 35.5. The standard InChI is InChI=1S/C16H22ClFO/c1-10-5-4-8-16(2,3)14(10)15(19)11-6-7-12(17)13(18)9-11/h6-7,9-10,14-15,19H,4-5,8H2,1-3H3/t10-,14+,15?/m0/s1. The molecule has 1 fully saturated rings. The second-order valence-corrected chi connectivity index (χ2v) is 6.91. The Morgan fingerprint density at radius 1 is 1.42 bits per heavy atom. The van der Waals surface area contributed by atoms with Crippen molar-refractivity contribution in [2.45, 2.75) is 46.1 Å². The van der Waals surface area contributed by atoms with Gasteiger partial charge in [-0.1, -0.05) is 51.3 Å². The molecule has 3 heteroatoms. The van der Waals surface area contributed by atoms with E-state index in [0.717, 1.165) is 12.8 Å². The van der Waals surface area contributed by atoms with Gasteiger partial charge in [-0.05, 0) is 41.4 Å². The van der Waals surface area contributed by atoms with Gasteiger partial charge in [-0.25, -0.2) is 4.39 Å². The molecule has 0 bridgehead atoms. The van der Waals surface area contributed by atoms with Crippen molar-refractivity contribution >= 4 is 11.6 Å². The van der Waals surface area contributed by atoms with E-state index in [1.165, 1.54) is 18.6 Å². The Hall–Kier alpha value is -0.600. The number of hydrogen-bond acceptors (Lipinski definition) is 1. The molecule has 0 saturated heterocycles. The average molecular weight is 285 g/mol. The van der Waals surface area contributed by atoms with Gasteiger partial charge in [0.05, 0.1) is 11.1 Å². The molecule has 0 aliphatic heterocycles. The Morgan fingerprint density at radius 3 is 2.68 bits per heavy atom. The predicted octanol–water partition coefficient (Wildman–Crippen LogP) is 4.97. The third kappa shape index (κ3) is 2.95. The summed E-state index contributed by atoms with van der Waals surface area (Å²) in [7, 11) is 0. The zero-order valence-electron chi connectivity index (χ0n) is 11.8. The number of aliphatic hydroxyl groups is 1. The van der Waals surface area contributed by atoms with Crippen LogP contribution in [0.3, 0.4) is 0 Å². The molecule has 1 aromatic rings. The SMILES string of the molecule is C[C@H]1CCCC(C)(C)[C@H]1C(O)c1ccc(Cl)c(F)c1. The van der Waals surface area contributed by atoms with Gasteiger partial charge in [0.25, 0.3) is 0 Å². The summed E-state index contributed by atoms with van der Waals surface area (Å²) in [5.41, 5.74) is 0.710. The smallest absolute Gasteiger partial charge is 0.142 e. The molecule has 1 unspecified atom stereocenters. The first-order valence-corrected chi connectivity index (χ1v) is 7.34. The molecule has 0 spiro atoms. The van der Waals surface area contributed by atoms with Crippen LogP contribution >= 0.6 is 11.6 Å². The lowest BCUT2D eigenvalue weighted by atomic mass is 9.61. The van der Waals surface area contributed by atoms with E-state index in [4.69, 9.17) is 11.6 Å². The van der Waals surface area contributed by atoms with Gasteiger partial charge >= 0.3 is 0 Å². The summed E-state index contributed by atoms with van der Waals surface area (Å²) in [6, 6.07) is 4.62. The monoisotopic (exact) mass is 284 g/mol. The van der Waals surface area contributed by atoms with E-state index >= 15 is 0 Å². The molecule has 19 heavy (non-hydrogen) atoms. The van der Waals surface area contributed by atoms with E-state index < -0.39 is 11.9 Å². The number of halogens is 2. The van der Waals surface area contributed by atoms with Crippen molar-refractivity contribution in [3.8, 4) is 0 Å². The fourth-order valence-electron chi connectivity index (χ4n) is 3.64. The zero-order valence-corrected chi connectivity index (χ0v) is 12.5. The molecule has 1 saturated carbocycles. The summed E-state index contributed by atoms with van der Waals surface area (Å²) < 4.78 is 13.6. The summed E-state index contributed by atoms with van der Waals surface area (Å²) in [6.45, 7) is 6.58. The first kappa shape index (κ1) is 14.8. The molecule has 106 valence electrons. The molecule has 1 aliphatic carbocycles. The molecular formula is C16H22ClFO. The first-order valence-electron chi connectivity index (χ1n) is 6.96. The average Bonchev–Trinajstić information content (AvgIpc) is 2.31. The molecule has 1 nitrogen and oxygen atoms in total. The Labute approximate surface area is 119 Å². The van der Waals surface area contributed by atoms with Gasteiger partial charge < -0.3 is 5.11 Å². The minimum Gasteiger partial charge on any atom is -0.388 e. The predicted molar refractivity (Wildman–Crippen MR) is 76.7 cm³/mol. The molecule has 0 aromatic heterocycles. The van der Waals surface area contributed by atoms with Gasteiger partial charge in [0.15, 0.2) is 0 Å². The van der Waals surface area contributed by atoms with Crippen LogP contribution in [0.2, 0.25) is 5.02 Å². The Morgan fingerprint density at radius 2 is 2.11 bits per heavy atom. The molecule has 3 atom stereocenters. The molecule has 1 aromatic carbocycles. The Balaban J connectivity index is 2.30. The van der Waals surface area contributed by atoms with Crippen LogP contribution < -0.4 is 0 Å². The maximum atomic E-state index is 13.6. The number of benzene rings is 1. The zero-order chi connectivity index (χ0) is 14.2. The fourth-order valence-corrected chi connectivity index (χ4v) is 3.76. The quantitative estimate of drug-likeness (QED) is 0.812. The van der Waals surface area contributed by atoms with Crippen LogP contribution in [0, 0.1) is 23.1 Å². The first-order chi connectivity index (χ1) is 8.83. The van der Waals surface area contributed by atoms with Crippen LogP contribution in [0.15, 0.2) is 18.2 Å². The van der Waals surface area contributed by atoms with E-state index in [0.29, 0.717) is 11.5 Å². The molecule has 1 N–H and O–H groups in total. The van der Waals surface area contributed by atoms with Crippen LogP contribution in [-0.2, 0) is 0 Å². The van der Waals surface area contributed by atoms with Crippen LogP contribution in [-0.4, -0.2) is 5.11 Å². The van der Waals surface area contributed by atoms with E-state index in [9.17, 15) is 9.50 Å². The molecule has 0 radical (unpaired) electrons. The number of rotatable bonds is 2. The Kier molecular flexibility index (Phi) is 4.22. The maximum Gasteiger partial charge on any atom is 0.142 e. The van der Waals surface area contributed by atoms with Crippen LogP contribution in [0.25, 0.3) is 0 Å². The highest BCUT2D eigenvalue weighted by Gasteiger charge is 2.41. The summed E-state index contributed by atoms with van der Waals surface area (Å²) in [6.07, 6.45) is 2.81. The second kappa shape index (κ2) is 5.41. The maximum absolute atomic E-state index is 13.6. The van der Waals surface area contributed by atoms with E-state index in [1.54, 1.807) is 6.07 Å². The molecule has 0 amide bonds. The van der Waals surface area contributed by atoms with E-state index in [2.05, 4.69) is 20.8 Å². The van der Waals surface area contributed by atoms with Crippen molar-refractivity contribution in [2.24, 2.45) is 17.3 Å². The summed E-state index contributed by atoms with van der Waals surface area (Å²) in [5.74, 6) is 0.138. The van der Waals surface area contributed by atoms with Gasteiger partial charge in [0.1, 0.15) is 5.82 Å². The van der Waals surface area contributed by atoms with Gasteiger partial charge in [-0.2, -0.15) is 0 Å². The van der Waals surface area contributed by atoms with Gasteiger partial charge in [-0.3, -0.25) is 0 Å². The van der Waals surface area contributed by atoms with Crippen molar-refractivity contribution in [2.75, 3.05) is 0 Å². The highest BCUT2D eigenvalue weighted by Crippen LogP contribution is 2.49. The summed E-state index contributed by atoms with van der Waals surface area (Å²) in [5, 5.41) is 10.8. The lowest BCUT2D eigenvalue weighted by molar-refractivity contribution is -0.0294. The van der Waals surface area contributed by atoms with Gasteiger partial charge in [0, 0.05) is 0 Å². The second-order valence-electron chi connectivity index (χ2n) is 6.50. The largest absolute Gasteiger partial charge is 0.388 e. The Bertz CT molecular complexity index is 458. The van der Waals surface area contributed by atoms with Crippen LogP contribution in [0.1, 0.15) is 51.7 Å². The minimum absolute atomic E-state index is 0.0766. The molecular weight excluding hydrogens is 263 g/mol. The van der Waals surface area contributed by atoms with E-state index in [1.807, 2.05) is 0 Å². The van der Waals surface area contributed by atoms with Crippen molar-refractivity contribution in [1.29, 1.82) is 0 Å². The topological polar surface area (TPSA) is 20.2 Å². The van der Waals surface area contributed by atoms with Crippen LogP contribution in [0.4, 0.5) is 4.39 Å². The number of hydrogen-bond donors (Lipinski definition) is 1. The van der Waals surface area contributed by atoms with Gasteiger partial charge in [0.2, 0.25) is 0 Å². The lowest BCUT2D eigenvalue weighted by Crippen LogP contribution is -2.37. The van der Waals surface area contributed by atoms with Gasteiger partial charge in [-0.15, -0.1) is 0 Å². The molecule has 2 rings (SSSR count). The van der Waals surface area contributed by atoms with Crippen molar-refractivity contribution in [1.82, 2.24) is 0 Å². The van der Waals surface area contributed by atoms with Crippen molar-refractivity contribution < 1.29 is 9.50 Å². The van der Waals surface area contributed by atoms with Crippen molar-refractivity contribution in [3.05, 3.63) is 34.6 Å². The number of aliphatic hydroxyl groups excluding tert-OH is 1. The third-order valence-corrected chi connectivity index (χ3v) is 4.93. The minimum atomic E-state index is -0.628. The fraction of sp³-hybridized carbons (Fsp3) is 0.625. The van der Waals surface area contributed by atoms with Crippen molar-refractivity contribution in [3.63, 3.8) is 0 Å². The molecule has 0 heterocycles.